The second kappa shape index (κ2) is 5.72. The van der Waals surface area contributed by atoms with Crippen LogP contribution in [0.25, 0.3) is 0 Å². The maximum absolute atomic E-state index is 12.7. The molecular weight excluding hydrogens is 286 g/mol. The second-order valence-electron chi connectivity index (χ2n) is 6.15. The molecule has 1 amide bonds. The number of aromatic nitrogens is 2. The minimum Gasteiger partial charge on any atom is -0.377 e. The highest BCUT2D eigenvalue weighted by Gasteiger charge is 2.44. The molecule has 0 N–H and O–H groups in total. The molecule has 1 aromatic heterocycles. The zero-order valence-electron chi connectivity index (χ0n) is 12.8. The Bertz CT molecular complexity index is 685. The Morgan fingerprint density at radius 3 is 2.77 bits per heavy atom. The number of morpholine rings is 1. The Hall–Kier alpha value is -1.89. The van der Waals surface area contributed by atoms with Crippen LogP contribution in [0.15, 0.2) is 21.9 Å². The molecule has 0 bridgehead atoms. The number of hydrogen-bond donors (Lipinski definition) is 0. The van der Waals surface area contributed by atoms with Crippen LogP contribution < -0.4 is 11.2 Å². The van der Waals surface area contributed by atoms with Crippen LogP contribution in [0.4, 0.5) is 0 Å². The highest BCUT2D eigenvalue weighted by molar-refractivity contribution is 5.77. The van der Waals surface area contributed by atoms with Gasteiger partial charge in [0.05, 0.1) is 18.8 Å². The summed E-state index contributed by atoms with van der Waals surface area (Å²) in [5, 5.41) is 0. The molecule has 0 radical (unpaired) electrons. The van der Waals surface area contributed by atoms with Crippen LogP contribution in [0.3, 0.4) is 0 Å². The van der Waals surface area contributed by atoms with E-state index in [9.17, 15) is 14.4 Å². The molecule has 1 aliphatic heterocycles. The zero-order valence-corrected chi connectivity index (χ0v) is 12.8. The molecule has 2 heterocycles. The molecule has 7 heteroatoms. The van der Waals surface area contributed by atoms with Crippen LogP contribution >= 0.6 is 0 Å². The van der Waals surface area contributed by atoms with Gasteiger partial charge in [0, 0.05) is 25.9 Å². The first kappa shape index (κ1) is 15.0. The number of carbonyl (C=O) groups is 1. The zero-order chi connectivity index (χ0) is 15.7. The van der Waals surface area contributed by atoms with Gasteiger partial charge in [0.2, 0.25) is 5.91 Å². The normalized spacial score (nSPS) is 20.5. The van der Waals surface area contributed by atoms with Crippen molar-refractivity contribution in [2.24, 2.45) is 7.05 Å². The number of amides is 1. The molecule has 22 heavy (non-hydrogen) atoms. The van der Waals surface area contributed by atoms with E-state index in [0.29, 0.717) is 19.8 Å². The number of carbonyl (C=O) groups excluding carboxylic acids is 1. The molecule has 0 unspecified atom stereocenters. The Kier molecular flexibility index (Phi) is 3.90. The number of nitrogens with zero attached hydrogens (tertiary/aromatic N) is 3. The van der Waals surface area contributed by atoms with E-state index in [1.54, 1.807) is 0 Å². The lowest BCUT2D eigenvalue weighted by atomic mass is 9.94. The van der Waals surface area contributed by atoms with E-state index in [4.69, 9.17) is 4.74 Å². The van der Waals surface area contributed by atoms with Crippen molar-refractivity contribution in [2.75, 3.05) is 19.8 Å². The first-order valence-electron chi connectivity index (χ1n) is 7.68. The molecule has 1 aromatic rings. The highest BCUT2D eigenvalue weighted by Crippen LogP contribution is 2.37. The van der Waals surface area contributed by atoms with Gasteiger partial charge in [0.15, 0.2) is 0 Å². The van der Waals surface area contributed by atoms with Crippen molar-refractivity contribution in [3.63, 3.8) is 0 Å². The minimum atomic E-state index is -0.463. The molecular formula is C15H21N3O4. The van der Waals surface area contributed by atoms with Gasteiger partial charge in [0.1, 0.15) is 6.54 Å². The van der Waals surface area contributed by atoms with Gasteiger partial charge in [-0.25, -0.2) is 4.79 Å². The van der Waals surface area contributed by atoms with Crippen molar-refractivity contribution < 1.29 is 9.53 Å². The summed E-state index contributed by atoms with van der Waals surface area (Å²) in [6.07, 6.45) is 5.52. The van der Waals surface area contributed by atoms with Gasteiger partial charge in [-0.2, -0.15) is 0 Å². The Balaban J connectivity index is 1.83. The third kappa shape index (κ3) is 2.49. The average Bonchev–Trinajstić information content (AvgIpc) is 2.97. The summed E-state index contributed by atoms with van der Waals surface area (Å²) >= 11 is 0. The van der Waals surface area contributed by atoms with E-state index >= 15 is 0 Å². The van der Waals surface area contributed by atoms with E-state index in [2.05, 4.69) is 0 Å². The van der Waals surface area contributed by atoms with Gasteiger partial charge in [-0.05, 0) is 12.8 Å². The summed E-state index contributed by atoms with van der Waals surface area (Å²) < 4.78 is 7.89. The summed E-state index contributed by atoms with van der Waals surface area (Å²) in [6, 6.07) is 1.30. The number of hydrogen-bond acceptors (Lipinski definition) is 4. The standard InChI is InChI=1S/C15H21N3O4/c1-16-12(19)4-7-17(14(16)21)10-13(20)18-8-9-22-11-15(18)5-2-3-6-15/h4,7H,2-3,5-6,8-11H2,1H3. The van der Waals surface area contributed by atoms with Crippen molar-refractivity contribution >= 4 is 5.91 Å². The molecule has 2 fully saturated rings. The summed E-state index contributed by atoms with van der Waals surface area (Å²) in [5.74, 6) is -0.0778. The lowest BCUT2D eigenvalue weighted by molar-refractivity contribution is -0.149. The third-order valence-electron chi connectivity index (χ3n) is 4.80. The van der Waals surface area contributed by atoms with Gasteiger partial charge >= 0.3 is 5.69 Å². The summed E-state index contributed by atoms with van der Waals surface area (Å²) in [4.78, 5) is 38.1. The molecule has 1 saturated heterocycles. The Morgan fingerprint density at radius 2 is 2.05 bits per heavy atom. The van der Waals surface area contributed by atoms with Crippen molar-refractivity contribution in [3.05, 3.63) is 33.1 Å². The molecule has 2 aliphatic rings. The fourth-order valence-electron chi connectivity index (χ4n) is 3.54. The van der Waals surface area contributed by atoms with Crippen LogP contribution in [0, 0.1) is 0 Å². The molecule has 0 aromatic carbocycles. The SMILES string of the molecule is Cn1c(=O)ccn(CC(=O)N2CCOCC23CCCC3)c1=O. The van der Waals surface area contributed by atoms with E-state index in [1.807, 2.05) is 4.90 Å². The average molecular weight is 307 g/mol. The molecule has 1 aliphatic carbocycles. The largest absolute Gasteiger partial charge is 0.377 e. The van der Waals surface area contributed by atoms with Gasteiger partial charge < -0.3 is 9.64 Å². The predicted molar refractivity (Wildman–Crippen MR) is 79.7 cm³/mol. The van der Waals surface area contributed by atoms with Crippen molar-refractivity contribution in [3.8, 4) is 0 Å². The fourth-order valence-corrected chi connectivity index (χ4v) is 3.54. The van der Waals surface area contributed by atoms with Gasteiger partial charge in [0.25, 0.3) is 5.56 Å². The van der Waals surface area contributed by atoms with Gasteiger partial charge in [-0.15, -0.1) is 0 Å². The number of rotatable bonds is 2. The summed E-state index contributed by atoms with van der Waals surface area (Å²) in [6.45, 7) is 1.66. The quantitative estimate of drug-likeness (QED) is 0.753. The monoisotopic (exact) mass is 307 g/mol. The van der Waals surface area contributed by atoms with E-state index in [-0.39, 0.29) is 23.6 Å². The van der Waals surface area contributed by atoms with E-state index < -0.39 is 5.69 Å². The molecule has 120 valence electrons. The van der Waals surface area contributed by atoms with Crippen LogP contribution in [-0.2, 0) is 23.1 Å². The van der Waals surface area contributed by atoms with Gasteiger partial charge in [-0.3, -0.25) is 18.7 Å². The minimum absolute atomic E-state index is 0.0330. The molecule has 3 rings (SSSR count). The molecule has 1 spiro atoms. The maximum Gasteiger partial charge on any atom is 0.331 e. The molecule has 7 nitrogen and oxygen atoms in total. The van der Waals surface area contributed by atoms with E-state index in [1.165, 1.54) is 23.9 Å². The number of ether oxygens (including phenoxy) is 1. The first-order valence-corrected chi connectivity index (χ1v) is 7.68. The lowest BCUT2D eigenvalue weighted by Crippen LogP contribution is -2.58. The Morgan fingerprint density at radius 1 is 1.32 bits per heavy atom. The summed E-state index contributed by atoms with van der Waals surface area (Å²) in [7, 11) is 1.42. The van der Waals surface area contributed by atoms with E-state index in [0.717, 1.165) is 30.3 Å². The first-order chi connectivity index (χ1) is 10.5. The third-order valence-corrected chi connectivity index (χ3v) is 4.80. The Labute approximate surface area is 128 Å². The van der Waals surface area contributed by atoms with Crippen molar-refractivity contribution in [1.29, 1.82) is 0 Å². The molecule has 1 saturated carbocycles. The maximum atomic E-state index is 12.7. The van der Waals surface area contributed by atoms with Crippen LogP contribution in [0.5, 0.6) is 0 Å². The van der Waals surface area contributed by atoms with Crippen LogP contribution in [-0.4, -0.2) is 45.2 Å². The van der Waals surface area contributed by atoms with Crippen LogP contribution in [0.2, 0.25) is 0 Å². The smallest absolute Gasteiger partial charge is 0.331 e. The lowest BCUT2D eigenvalue weighted by Gasteiger charge is -2.44. The summed E-state index contributed by atoms with van der Waals surface area (Å²) in [5.41, 5.74) is -1.03. The molecule has 0 atom stereocenters. The predicted octanol–water partition coefficient (Wildman–Crippen LogP) is -0.281. The second-order valence-corrected chi connectivity index (χ2v) is 6.15. The van der Waals surface area contributed by atoms with Gasteiger partial charge in [-0.1, -0.05) is 12.8 Å². The van der Waals surface area contributed by atoms with Crippen molar-refractivity contribution in [1.82, 2.24) is 14.0 Å². The van der Waals surface area contributed by atoms with Crippen molar-refractivity contribution in [2.45, 2.75) is 37.8 Å². The highest BCUT2D eigenvalue weighted by atomic mass is 16.5. The van der Waals surface area contributed by atoms with Crippen LogP contribution in [0.1, 0.15) is 25.7 Å². The topological polar surface area (TPSA) is 73.5 Å². The fraction of sp³-hybridized carbons (Fsp3) is 0.667.